The lowest BCUT2D eigenvalue weighted by molar-refractivity contribution is -0.138. The van der Waals surface area contributed by atoms with Crippen LogP contribution < -0.4 is 0 Å². The number of benzene rings is 3. The average Bonchev–Trinajstić information content (AvgIpc) is 3.57. The van der Waals surface area contributed by atoms with Crippen molar-refractivity contribution >= 4 is 21.9 Å². The van der Waals surface area contributed by atoms with Crippen LogP contribution in [0.15, 0.2) is 73.1 Å². The van der Waals surface area contributed by atoms with Gasteiger partial charge in [0, 0.05) is 17.1 Å². The molecule has 0 radical (unpaired) electrons. The quantitative estimate of drug-likeness (QED) is 0.347. The molecule has 1 N–H and O–H groups in total. The van der Waals surface area contributed by atoms with Gasteiger partial charge in [-0.2, -0.15) is 23.4 Å². The van der Waals surface area contributed by atoms with E-state index in [-0.39, 0.29) is 17.6 Å². The minimum absolute atomic E-state index is 0.0612. The van der Waals surface area contributed by atoms with Gasteiger partial charge in [-0.3, -0.25) is 9.78 Å². The van der Waals surface area contributed by atoms with E-state index in [2.05, 4.69) is 25.6 Å². The van der Waals surface area contributed by atoms with E-state index in [0.29, 0.717) is 22.5 Å². The van der Waals surface area contributed by atoms with Gasteiger partial charge >= 0.3 is 6.18 Å². The van der Waals surface area contributed by atoms with Gasteiger partial charge in [0.05, 0.1) is 40.7 Å². The van der Waals surface area contributed by atoms with Crippen LogP contribution in [0.25, 0.3) is 38.9 Å². The van der Waals surface area contributed by atoms with Crippen LogP contribution in [0, 0.1) is 5.82 Å². The zero-order chi connectivity index (χ0) is 24.2. The Kier molecular flexibility index (Phi) is 4.66. The maximum Gasteiger partial charge on any atom is 0.416 e. The largest absolute Gasteiger partial charge is 0.416 e. The number of aromatic amines is 1. The van der Waals surface area contributed by atoms with E-state index in [1.54, 1.807) is 24.4 Å². The van der Waals surface area contributed by atoms with E-state index in [9.17, 15) is 13.2 Å². The zero-order valence-corrected chi connectivity index (χ0v) is 17.8. The van der Waals surface area contributed by atoms with Gasteiger partial charge in [-0.1, -0.05) is 23.4 Å². The lowest BCUT2D eigenvalue weighted by Crippen LogP contribution is -2.12. The van der Waals surface area contributed by atoms with Crippen molar-refractivity contribution in [2.24, 2.45) is 0 Å². The second-order valence-electron chi connectivity index (χ2n) is 8.00. The Balaban J connectivity index is 1.44. The Morgan fingerprint density at radius 1 is 0.971 bits per heavy atom. The van der Waals surface area contributed by atoms with E-state index in [1.807, 2.05) is 18.2 Å². The molecule has 3 heterocycles. The molecule has 7 nitrogen and oxygen atoms in total. The van der Waals surface area contributed by atoms with E-state index < -0.39 is 17.6 Å². The standard InChI is InChI=1S/C24H15F4N7/c25-19-9-16(21-7-8-30-34(21)13-15-3-1-2-4-18(15)24(26,27)28)10-22-23(19)32-33-35(22)17-6-5-14-12-29-31-20(14)11-17/h1-12H,13H2,(H,29,31). The average molecular weight is 477 g/mol. The molecule has 0 bridgehead atoms. The molecule has 0 fully saturated rings. The van der Waals surface area contributed by atoms with Crippen LogP contribution in [0.2, 0.25) is 0 Å². The lowest BCUT2D eigenvalue weighted by atomic mass is 10.1. The van der Waals surface area contributed by atoms with Crippen molar-refractivity contribution in [3.8, 4) is 16.9 Å². The third-order valence-corrected chi connectivity index (χ3v) is 5.83. The third kappa shape index (κ3) is 3.61. The first-order chi connectivity index (χ1) is 16.9. The van der Waals surface area contributed by atoms with Gasteiger partial charge in [0.2, 0.25) is 0 Å². The summed E-state index contributed by atoms with van der Waals surface area (Å²) in [6.07, 6.45) is -1.34. The SMILES string of the molecule is Fc1cc(-c2ccnn2Cc2ccccc2C(F)(F)F)cc2c1nnn2-c1ccc2cn[nH]c2c1. The van der Waals surface area contributed by atoms with Crippen molar-refractivity contribution in [2.75, 3.05) is 0 Å². The van der Waals surface area contributed by atoms with Crippen LogP contribution in [0.5, 0.6) is 0 Å². The number of H-pyrrole nitrogens is 1. The summed E-state index contributed by atoms with van der Waals surface area (Å²) in [4.78, 5) is 0. The third-order valence-electron chi connectivity index (χ3n) is 5.83. The smallest absolute Gasteiger partial charge is 0.278 e. The number of hydrogen-bond donors (Lipinski definition) is 1. The minimum atomic E-state index is -4.50. The predicted molar refractivity (Wildman–Crippen MR) is 120 cm³/mol. The Morgan fingerprint density at radius 2 is 1.83 bits per heavy atom. The summed E-state index contributed by atoms with van der Waals surface area (Å²) in [7, 11) is 0. The molecule has 174 valence electrons. The molecule has 6 aromatic rings. The van der Waals surface area contributed by atoms with Gasteiger partial charge in [0.25, 0.3) is 0 Å². The highest BCUT2D eigenvalue weighted by Crippen LogP contribution is 2.33. The van der Waals surface area contributed by atoms with Gasteiger partial charge in [-0.05, 0) is 48.0 Å². The summed E-state index contributed by atoms with van der Waals surface area (Å²) >= 11 is 0. The Morgan fingerprint density at radius 3 is 2.69 bits per heavy atom. The fourth-order valence-electron chi connectivity index (χ4n) is 4.18. The number of fused-ring (bicyclic) bond motifs is 2. The van der Waals surface area contributed by atoms with Crippen LogP contribution in [0.4, 0.5) is 17.6 Å². The first-order valence-corrected chi connectivity index (χ1v) is 10.5. The van der Waals surface area contributed by atoms with Crippen molar-refractivity contribution in [1.29, 1.82) is 0 Å². The molecule has 11 heteroatoms. The number of nitrogens with zero attached hydrogens (tertiary/aromatic N) is 6. The summed E-state index contributed by atoms with van der Waals surface area (Å²) < 4.78 is 58.4. The monoisotopic (exact) mass is 477 g/mol. The molecule has 0 atom stereocenters. The molecule has 0 aliphatic heterocycles. The molecule has 0 aliphatic rings. The van der Waals surface area contributed by atoms with Crippen molar-refractivity contribution in [2.45, 2.75) is 12.7 Å². The van der Waals surface area contributed by atoms with E-state index >= 15 is 4.39 Å². The van der Waals surface area contributed by atoms with Gasteiger partial charge < -0.3 is 0 Å². The fraction of sp³-hybridized carbons (Fsp3) is 0.0833. The molecule has 0 saturated heterocycles. The van der Waals surface area contributed by atoms with Crippen LogP contribution in [-0.4, -0.2) is 35.0 Å². The summed E-state index contributed by atoms with van der Waals surface area (Å²) in [5, 5.41) is 20.1. The highest BCUT2D eigenvalue weighted by atomic mass is 19.4. The Bertz CT molecular complexity index is 1690. The van der Waals surface area contributed by atoms with Crippen LogP contribution in [-0.2, 0) is 12.7 Å². The van der Waals surface area contributed by atoms with Gasteiger partial charge in [0.15, 0.2) is 5.82 Å². The lowest BCUT2D eigenvalue weighted by Gasteiger charge is -2.14. The summed E-state index contributed by atoms with van der Waals surface area (Å²) in [5.74, 6) is -0.602. The van der Waals surface area contributed by atoms with Crippen LogP contribution >= 0.6 is 0 Å². The van der Waals surface area contributed by atoms with Crippen molar-refractivity contribution in [3.63, 3.8) is 0 Å². The van der Waals surface area contributed by atoms with Crippen molar-refractivity contribution < 1.29 is 17.6 Å². The molecule has 35 heavy (non-hydrogen) atoms. The maximum atomic E-state index is 15.0. The Labute approximate surface area is 194 Å². The molecule has 0 spiro atoms. The van der Waals surface area contributed by atoms with Crippen molar-refractivity contribution in [3.05, 3.63) is 90.0 Å². The first-order valence-electron chi connectivity index (χ1n) is 10.5. The van der Waals surface area contributed by atoms with Crippen molar-refractivity contribution in [1.82, 2.24) is 35.0 Å². The number of hydrogen-bond acceptors (Lipinski definition) is 4. The molecule has 3 aromatic carbocycles. The Hall–Kier alpha value is -4.54. The van der Waals surface area contributed by atoms with E-state index in [4.69, 9.17) is 0 Å². The summed E-state index contributed by atoms with van der Waals surface area (Å²) in [6, 6.07) is 15.4. The first kappa shape index (κ1) is 21.0. The van der Waals surface area contributed by atoms with Gasteiger partial charge in [-0.25, -0.2) is 9.07 Å². The highest BCUT2D eigenvalue weighted by Gasteiger charge is 2.33. The molecule has 3 aromatic heterocycles. The minimum Gasteiger partial charge on any atom is -0.278 e. The maximum absolute atomic E-state index is 15.0. The van der Waals surface area contributed by atoms with Crippen LogP contribution in [0.1, 0.15) is 11.1 Å². The summed E-state index contributed by atoms with van der Waals surface area (Å²) in [5.41, 5.74) is 2.13. The van der Waals surface area contributed by atoms with E-state index in [1.165, 1.54) is 33.8 Å². The number of halogens is 4. The fourth-order valence-corrected chi connectivity index (χ4v) is 4.18. The number of alkyl halides is 3. The zero-order valence-electron chi connectivity index (χ0n) is 17.8. The number of nitrogens with one attached hydrogen (secondary N) is 1. The predicted octanol–water partition coefficient (Wildman–Crippen LogP) is 5.37. The number of rotatable bonds is 4. The topological polar surface area (TPSA) is 77.2 Å². The van der Waals surface area contributed by atoms with Crippen LogP contribution in [0.3, 0.4) is 0 Å². The summed E-state index contributed by atoms with van der Waals surface area (Å²) in [6.45, 7) is -0.133. The van der Waals surface area contributed by atoms with E-state index in [0.717, 1.165) is 17.0 Å². The number of aromatic nitrogens is 7. The highest BCUT2D eigenvalue weighted by molar-refractivity contribution is 5.85. The van der Waals surface area contributed by atoms with Gasteiger partial charge in [0.1, 0.15) is 5.52 Å². The van der Waals surface area contributed by atoms with Gasteiger partial charge in [-0.15, -0.1) is 5.10 Å². The second-order valence-corrected chi connectivity index (χ2v) is 8.00. The normalized spacial score (nSPS) is 12.1. The molecular weight excluding hydrogens is 462 g/mol. The molecule has 0 unspecified atom stereocenters. The molecule has 6 rings (SSSR count). The molecular formula is C24H15F4N7. The molecule has 0 saturated carbocycles. The molecule has 0 amide bonds. The second kappa shape index (κ2) is 7.76. The molecule has 0 aliphatic carbocycles.